The molecule has 0 aliphatic carbocycles. The van der Waals surface area contributed by atoms with Gasteiger partial charge in [0.25, 0.3) is 0 Å². The first kappa shape index (κ1) is 12.7. The average molecular weight is 211 g/mol. The summed E-state index contributed by atoms with van der Waals surface area (Å²) in [5.74, 6) is 0.766. The normalized spacial score (nSPS) is 29.3. The predicted molar refractivity (Wildman–Crippen MR) is 63.9 cm³/mol. The predicted octanol–water partition coefficient (Wildman–Crippen LogP) is 2.86. The summed E-state index contributed by atoms with van der Waals surface area (Å²) >= 11 is 0. The number of hydrogen-bond acceptors (Lipinski definition) is 2. The fraction of sp³-hybridized carbons (Fsp3) is 0.923. The lowest BCUT2D eigenvalue weighted by molar-refractivity contribution is -0.107. The first-order chi connectivity index (χ1) is 7.15. The van der Waals surface area contributed by atoms with Crippen LogP contribution in [0.3, 0.4) is 0 Å². The van der Waals surface area contributed by atoms with Gasteiger partial charge in [0.2, 0.25) is 0 Å². The van der Waals surface area contributed by atoms with Crippen LogP contribution in [0, 0.1) is 5.92 Å². The molecule has 0 aromatic carbocycles. The summed E-state index contributed by atoms with van der Waals surface area (Å²) in [6.45, 7) is 4.64. The SMILES string of the molecule is CC(CCCC=O)C[C@H]1CC[C@@H](C)N1C. The van der Waals surface area contributed by atoms with Crippen molar-refractivity contribution in [3.63, 3.8) is 0 Å². The Bertz CT molecular complexity index is 193. The maximum Gasteiger partial charge on any atom is 0.119 e. The minimum atomic E-state index is 0.737. The van der Waals surface area contributed by atoms with Gasteiger partial charge in [0.05, 0.1) is 0 Å². The Morgan fingerprint density at radius 2 is 2.20 bits per heavy atom. The quantitative estimate of drug-likeness (QED) is 0.497. The smallest absolute Gasteiger partial charge is 0.119 e. The highest BCUT2D eigenvalue weighted by Gasteiger charge is 2.27. The molecule has 0 spiro atoms. The van der Waals surface area contributed by atoms with Crippen LogP contribution in [0.4, 0.5) is 0 Å². The molecule has 0 aromatic heterocycles. The maximum absolute atomic E-state index is 10.2. The van der Waals surface area contributed by atoms with E-state index in [2.05, 4.69) is 25.8 Å². The van der Waals surface area contributed by atoms with E-state index in [1.54, 1.807) is 0 Å². The zero-order valence-corrected chi connectivity index (χ0v) is 10.4. The Balaban J connectivity index is 2.20. The summed E-state index contributed by atoms with van der Waals surface area (Å²) in [4.78, 5) is 12.7. The van der Waals surface area contributed by atoms with Crippen molar-refractivity contribution < 1.29 is 4.79 Å². The largest absolute Gasteiger partial charge is 0.303 e. The molecule has 15 heavy (non-hydrogen) atoms. The summed E-state index contributed by atoms with van der Waals surface area (Å²) < 4.78 is 0. The number of carbonyl (C=O) groups excluding carboxylic acids is 1. The molecule has 1 fully saturated rings. The van der Waals surface area contributed by atoms with Gasteiger partial charge in [0.15, 0.2) is 0 Å². The second kappa shape index (κ2) is 6.26. The molecular weight excluding hydrogens is 186 g/mol. The summed E-state index contributed by atoms with van der Waals surface area (Å²) in [5.41, 5.74) is 0. The van der Waals surface area contributed by atoms with Gasteiger partial charge in [-0.3, -0.25) is 0 Å². The molecule has 2 nitrogen and oxygen atoms in total. The Morgan fingerprint density at radius 3 is 2.73 bits per heavy atom. The van der Waals surface area contributed by atoms with E-state index in [1.807, 2.05) is 0 Å². The lowest BCUT2D eigenvalue weighted by Crippen LogP contribution is -2.31. The van der Waals surface area contributed by atoms with Gasteiger partial charge in [0.1, 0.15) is 6.29 Å². The van der Waals surface area contributed by atoms with Crippen LogP contribution in [0.15, 0.2) is 0 Å². The Morgan fingerprint density at radius 1 is 1.47 bits per heavy atom. The van der Waals surface area contributed by atoms with E-state index in [0.29, 0.717) is 0 Å². The second-order valence-electron chi connectivity index (χ2n) is 5.18. The van der Waals surface area contributed by atoms with Crippen LogP contribution < -0.4 is 0 Å². The molecule has 2 heteroatoms. The molecule has 1 aliphatic heterocycles. The van der Waals surface area contributed by atoms with E-state index >= 15 is 0 Å². The van der Waals surface area contributed by atoms with E-state index in [0.717, 1.165) is 37.1 Å². The highest BCUT2D eigenvalue weighted by atomic mass is 16.1. The van der Waals surface area contributed by atoms with E-state index in [1.165, 1.54) is 25.7 Å². The topological polar surface area (TPSA) is 20.3 Å². The summed E-state index contributed by atoms with van der Waals surface area (Å²) in [5, 5.41) is 0. The van der Waals surface area contributed by atoms with Gasteiger partial charge in [-0.25, -0.2) is 0 Å². The molecular formula is C13H25NO. The van der Waals surface area contributed by atoms with E-state index in [4.69, 9.17) is 0 Å². The standard InChI is InChI=1S/C13H25NO/c1-11(6-4-5-9-15)10-13-8-7-12(2)14(13)3/h9,11-13H,4-8,10H2,1-3H3/t11?,12-,13-/m1/s1. The third kappa shape index (κ3) is 3.94. The van der Waals surface area contributed by atoms with E-state index < -0.39 is 0 Å². The maximum atomic E-state index is 10.2. The first-order valence-corrected chi connectivity index (χ1v) is 6.30. The number of unbranched alkanes of at least 4 members (excludes halogenated alkanes) is 1. The molecule has 88 valence electrons. The minimum Gasteiger partial charge on any atom is -0.303 e. The average Bonchev–Trinajstić information content (AvgIpc) is 2.50. The van der Waals surface area contributed by atoms with Crippen LogP contribution in [0.1, 0.15) is 52.4 Å². The first-order valence-electron chi connectivity index (χ1n) is 6.30. The lowest BCUT2D eigenvalue weighted by Gasteiger charge is -2.25. The monoisotopic (exact) mass is 211 g/mol. The molecule has 1 rings (SSSR count). The van der Waals surface area contributed by atoms with Crippen LogP contribution in [-0.2, 0) is 4.79 Å². The molecule has 0 amide bonds. The third-order valence-corrected chi connectivity index (χ3v) is 3.88. The number of rotatable bonds is 6. The number of nitrogens with zero attached hydrogens (tertiary/aromatic N) is 1. The molecule has 1 heterocycles. The summed E-state index contributed by atoms with van der Waals surface area (Å²) in [7, 11) is 2.25. The zero-order chi connectivity index (χ0) is 11.3. The Hall–Kier alpha value is -0.370. The number of hydrogen-bond donors (Lipinski definition) is 0. The molecule has 0 bridgehead atoms. The van der Waals surface area contributed by atoms with Gasteiger partial charge in [-0.05, 0) is 45.6 Å². The minimum absolute atomic E-state index is 0.737. The van der Waals surface area contributed by atoms with Crippen LogP contribution in [0.25, 0.3) is 0 Å². The van der Waals surface area contributed by atoms with Crippen molar-refractivity contribution in [2.24, 2.45) is 5.92 Å². The third-order valence-electron chi connectivity index (χ3n) is 3.88. The molecule has 0 N–H and O–H groups in total. The lowest BCUT2D eigenvalue weighted by atomic mass is 9.95. The van der Waals surface area contributed by atoms with E-state index in [-0.39, 0.29) is 0 Å². The molecule has 0 aromatic rings. The molecule has 1 unspecified atom stereocenters. The van der Waals surface area contributed by atoms with Crippen LogP contribution >= 0.6 is 0 Å². The van der Waals surface area contributed by atoms with Crippen molar-refractivity contribution in [2.45, 2.75) is 64.5 Å². The van der Waals surface area contributed by atoms with Crippen molar-refractivity contribution in [1.29, 1.82) is 0 Å². The summed E-state index contributed by atoms with van der Waals surface area (Å²) in [6.07, 6.45) is 8.06. The van der Waals surface area contributed by atoms with Crippen molar-refractivity contribution in [2.75, 3.05) is 7.05 Å². The highest BCUT2D eigenvalue weighted by molar-refractivity contribution is 5.48. The number of aldehydes is 1. The van der Waals surface area contributed by atoms with Crippen LogP contribution in [-0.4, -0.2) is 30.3 Å². The van der Waals surface area contributed by atoms with Gasteiger partial charge >= 0.3 is 0 Å². The van der Waals surface area contributed by atoms with Gasteiger partial charge < -0.3 is 9.69 Å². The zero-order valence-electron chi connectivity index (χ0n) is 10.4. The number of likely N-dealkylation sites (tertiary alicyclic amines) is 1. The molecule has 0 saturated carbocycles. The van der Waals surface area contributed by atoms with Crippen molar-refractivity contribution in [3.05, 3.63) is 0 Å². The Kier molecular flexibility index (Phi) is 5.30. The molecule has 3 atom stereocenters. The molecule has 1 saturated heterocycles. The van der Waals surface area contributed by atoms with Crippen LogP contribution in [0.5, 0.6) is 0 Å². The van der Waals surface area contributed by atoms with E-state index in [9.17, 15) is 4.79 Å². The fourth-order valence-electron chi connectivity index (χ4n) is 2.62. The van der Waals surface area contributed by atoms with Crippen molar-refractivity contribution in [3.8, 4) is 0 Å². The molecule has 1 aliphatic rings. The second-order valence-corrected chi connectivity index (χ2v) is 5.18. The fourth-order valence-corrected chi connectivity index (χ4v) is 2.62. The number of carbonyl (C=O) groups is 1. The van der Waals surface area contributed by atoms with Crippen LogP contribution in [0.2, 0.25) is 0 Å². The Labute approximate surface area is 94.0 Å². The van der Waals surface area contributed by atoms with Gasteiger partial charge in [0, 0.05) is 18.5 Å². The molecule has 0 radical (unpaired) electrons. The van der Waals surface area contributed by atoms with Gasteiger partial charge in [-0.1, -0.05) is 13.3 Å². The van der Waals surface area contributed by atoms with Crippen molar-refractivity contribution in [1.82, 2.24) is 4.90 Å². The van der Waals surface area contributed by atoms with Crippen molar-refractivity contribution >= 4 is 6.29 Å². The summed E-state index contributed by atoms with van der Waals surface area (Å²) in [6, 6.07) is 1.54. The highest BCUT2D eigenvalue weighted by Crippen LogP contribution is 2.27. The van der Waals surface area contributed by atoms with Gasteiger partial charge in [-0.2, -0.15) is 0 Å². The van der Waals surface area contributed by atoms with Gasteiger partial charge in [-0.15, -0.1) is 0 Å².